The molecule has 0 amide bonds. The van der Waals surface area contributed by atoms with Crippen LogP contribution in [-0.4, -0.2) is 20.6 Å². The summed E-state index contributed by atoms with van der Waals surface area (Å²) in [7, 11) is -2.43. The molecule has 0 aliphatic heterocycles. The van der Waals surface area contributed by atoms with Crippen LogP contribution in [-0.2, 0) is 16.6 Å². The van der Waals surface area contributed by atoms with Crippen molar-refractivity contribution >= 4 is 15.7 Å². The van der Waals surface area contributed by atoms with Crippen LogP contribution in [0.15, 0.2) is 53.4 Å². The molecule has 0 spiro atoms. The van der Waals surface area contributed by atoms with Crippen molar-refractivity contribution in [3.63, 3.8) is 0 Å². The van der Waals surface area contributed by atoms with Crippen molar-refractivity contribution < 1.29 is 17.9 Å². The van der Waals surface area contributed by atoms with Gasteiger partial charge < -0.3 is 5.11 Å². The van der Waals surface area contributed by atoms with Crippen LogP contribution < -0.4 is 4.31 Å². The van der Waals surface area contributed by atoms with E-state index in [9.17, 15) is 12.8 Å². The third kappa shape index (κ3) is 2.81. The van der Waals surface area contributed by atoms with Crippen LogP contribution in [0.2, 0.25) is 0 Å². The lowest BCUT2D eigenvalue weighted by molar-refractivity contribution is 0.281. The highest BCUT2D eigenvalue weighted by molar-refractivity contribution is 7.92. The van der Waals surface area contributed by atoms with Crippen molar-refractivity contribution in [1.29, 1.82) is 0 Å². The van der Waals surface area contributed by atoms with Gasteiger partial charge in [-0.1, -0.05) is 18.2 Å². The van der Waals surface area contributed by atoms with E-state index in [0.717, 1.165) is 10.4 Å². The van der Waals surface area contributed by atoms with Crippen LogP contribution in [0.25, 0.3) is 0 Å². The lowest BCUT2D eigenvalue weighted by Crippen LogP contribution is -2.26. The summed E-state index contributed by atoms with van der Waals surface area (Å²) < 4.78 is 39.1. The van der Waals surface area contributed by atoms with Crippen molar-refractivity contribution in [2.24, 2.45) is 0 Å². The second-order valence-electron chi connectivity index (χ2n) is 4.26. The van der Waals surface area contributed by atoms with Gasteiger partial charge in [0, 0.05) is 7.05 Å². The van der Waals surface area contributed by atoms with Gasteiger partial charge in [-0.2, -0.15) is 0 Å². The number of anilines is 1. The number of benzene rings is 2. The molecule has 0 aliphatic carbocycles. The average Bonchev–Trinajstić information content (AvgIpc) is 2.46. The smallest absolute Gasteiger partial charge is 0.264 e. The van der Waals surface area contributed by atoms with Crippen molar-refractivity contribution in [2.45, 2.75) is 11.5 Å². The first kappa shape index (κ1) is 14.5. The number of nitrogens with zero attached hydrogens (tertiary/aromatic N) is 1. The summed E-state index contributed by atoms with van der Waals surface area (Å²) in [6, 6.07) is 11.4. The number of hydrogen-bond donors (Lipinski definition) is 1. The van der Waals surface area contributed by atoms with E-state index < -0.39 is 15.8 Å². The maximum Gasteiger partial charge on any atom is 0.264 e. The van der Waals surface area contributed by atoms with E-state index in [1.54, 1.807) is 12.1 Å². The van der Waals surface area contributed by atoms with Crippen molar-refractivity contribution in [1.82, 2.24) is 0 Å². The molecule has 0 aromatic heterocycles. The van der Waals surface area contributed by atoms with Crippen molar-refractivity contribution in [2.75, 3.05) is 11.4 Å². The fourth-order valence-electron chi connectivity index (χ4n) is 1.77. The third-order valence-corrected chi connectivity index (χ3v) is 4.69. The highest BCUT2D eigenvalue weighted by Crippen LogP contribution is 2.23. The highest BCUT2D eigenvalue weighted by atomic mass is 32.2. The Morgan fingerprint density at radius 2 is 1.85 bits per heavy atom. The third-order valence-electron chi connectivity index (χ3n) is 2.91. The molecule has 0 radical (unpaired) electrons. The first-order valence-corrected chi connectivity index (χ1v) is 7.33. The number of sulfonamides is 1. The second kappa shape index (κ2) is 5.60. The summed E-state index contributed by atoms with van der Waals surface area (Å²) >= 11 is 0. The van der Waals surface area contributed by atoms with E-state index in [1.165, 1.54) is 37.4 Å². The summed E-state index contributed by atoms with van der Waals surface area (Å²) in [5.41, 5.74) is 0.734. The Hall–Kier alpha value is -1.92. The minimum Gasteiger partial charge on any atom is -0.392 e. The van der Waals surface area contributed by atoms with Gasteiger partial charge in [0.2, 0.25) is 0 Å². The van der Waals surface area contributed by atoms with Gasteiger partial charge in [0.15, 0.2) is 0 Å². The Kier molecular flexibility index (Phi) is 4.06. The zero-order valence-electron chi connectivity index (χ0n) is 10.8. The van der Waals surface area contributed by atoms with Crippen LogP contribution >= 0.6 is 0 Å². The fraction of sp³-hybridized carbons (Fsp3) is 0.143. The van der Waals surface area contributed by atoms with Gasteiger partial charge in [-0.3, -0.25) is 4.31 Å². The Morgan fingerprint density at radius 1 is 1.15 bits per heavy atom. The van der Waals surface area contributed by atoms with Gasteiger partial charge >= 0.3 is 0 Å². The molecule has 0 unspecified atom stereocenters. The molecule has 2 aromatic rings. The summed E-state index contributed by atoms with van der Waals surface area (Å²) in [5.74, 6) is -0.506. The van der Waals surface area contributed by atoms with Crippen LogP contribution in [0.5, 0.6) is 0 Å². The molecular weight excluding hydrogens is 281 g/mol. The zero-order valence-corrected chi connectivity index (χ0v) is 11.6. The average molecular weight is 295 g/mol. The molecule has 1 N–H and O–H groups in total. The van der Waals surface area contributed by atoms with Gasteiger partial charge in [-0.05, 0) is 35.9 Å². The second-order valence-corrected chi connectivity index (χ2v) is 6.23. The molecule has 0 aliphatic rings. The van der Waals surface area contributed by atoms with Gasteiger partial charge in [0.05, 0.1) is 17.2 Å². The quantitative estimate of drug-likeness (QED) is 0.940. The molecule has 0 bridgehead atoms. The number of rotatable bonds is 4. The predicted molar refractivity (Wildman–Crippen MR) is 74.4 cm³/mol. The molecule has 0 fully saturated rings. The SMILES string of the molecule is CN(c1cccc(F)c1)S(=O)(=O)c1cccc(CO)c1. The lowest BCUT2D eigenvalue weighted by atomic mass is 10.2. The lowest BCUT2D eigenvalue weighted by Gasteiger charge is -2.19. The summed E-state index contributed by atoms with van der Waals surface area (Å²) in [5, 5.41) is 9.06. The summed E-state index contributed by atoms with van der Waals surface area (Å²) in [4.78, 5) is 0.0517. The number of aliphatic hydroxyl groups is 1. The van der Waals surface area contributed by atoms with E-state index in [1.807, 2.05) is 0 Å². The van der Waals surface area contributed by atoms with Gasteiger partial charge in [0.25, 0.3) is 10.0 Å². The molecule has 2 aromatic carbocycles. The van der Waals surface area contributed by atoms with E-state index in [2.05, 4.69) is 0 Å². The zero-order chi connectivity index (χ0) is 14.8. The van der Waals surface area contributed by atoms with Crippen molar-refractivity contribution in [3.05, 3.63) is 59.9 Å². The van der Waals surface area contributed by atoms with E-state index in [-0.39, 0.29) is 17.2 Å². The largest absolute Gasteiger partial charge is 0.392 e. The van der Waals surface area contributed by atoms with Gasteiger partial charge in [0.1, 0.15) is 5.82 Å². The molecule has 4 nitrogen and oxygen atoms in total. The van der Waals surface area contributed by atoms with Gasteiger partial charge in [-0.25, -0.2) is 12.8 Å². The molecule has 0 atom stereocenters. The van der Waals surface area contributed by atoms with E-state index >= 15 is 0 Å². The molecule has 0 heterocycles. The Bertz CT molecular complexity index is 716. The highest BCUT2D eigenvalue weighted by Gasteiger charge is 2.21. The number of halogens is 1. The first-order chi connectivity index (χ1) is 9.45. The monoisotopic (exact) mass is 295 g/mol. The maximum absolute atomic E-state index is 13.2. The minimum atomic E-state index is -3.79. The molecule has 106 valence electrons. The predicted octanol–water partition coefficient (Wildman–Crippen LogP) is 2.14. The van der Waals surface area contributed by atoms with Crippen LogP contribution in [0.3, 0.4) is 0 Å². The van der Waals surface area contributed by atoms with Crippen LogP contribution in [0.1, 0.15) is 5.56 Å². The van der Waals surface area contributed by atoms with Crippen LogP contribution in [0, 0.1) is 5.82 Å². The Morgan fingerprint density at radius 3 is 2.50 bits per heavy atom. The van der Waals surface area contributed by atoms with E-state index in [0.29, 0.717) is 5.56 Å². The standard InChI is InChI=1S/C14H14FNO3S/c1-16(13-6-3-5-12(15)9-13)20(18,19)14-7-2-4-11(8-14)10-17/h2-9,17H,10H2,1H3. The molecule has 6 heteroatoms. The maximum atomic E-state index is 13.2. The Balaban J connectivity index is 2.43. The molecular formula is C14H14FNO3S. The summed E-state index contributed by atoms with van der Waals surface area (Å²) in [6.07, 6.45) is 0. The number of hydrogen-bond acceptors (Lipinski definition) is 3. The van der Waals surface area contributed by atoms with Crippen LogP contribution in [0.4, 0.5) is 10.1 Å². The normalized spacial score (nSPS) is 11.3. The van der Waals surface area contributed by atoms with Gasteiger partial charge in [-0.15, -0.1) is 0 Å². The molecule has 2 rings (SSSR count). The molecule has 0 saturated heterocycles. The minimum absolute atomic E-state index is 0.0517. The topological polar surface area (TPSA) is 57.6 Å². The van der Waals surface area contributed by atoms with Crippen molar-refractivity contribution in [3.8, 4) is 0 Å². The fourth-order valence-corrected chi connectivity index (χ4v) is 3.03. The Labute approximate surface area is 117 Å². The number of aliphatic hydroxyl groups excluding tert-OH is 1. The molecule has 20 heavy (non-hydrogen) atoms. The van der Waals surface area contributed by atoms with E-state index in [4.69, 9.17) is 5.11 Å². The first-order valence-electron chi connectivity index (χ1n) is 5.89. The molecule has 0 saturated carbocycles. The summed E-state index contributed by atoms with van der Waals surface area (Å²) in [6.45, 7) is -0.243.